The van der Waals surface area contributed by atoms with E-state index in [1.165, 1.54) is 18.2 Å². The van der Waals surface area contributed by atoms with Crippen LogP contribution in [-0.2, 0) is 10.2 Å². The molecule has 23 heavy (non-hydrogen) atoms. The van der Waals surface area contributed by atoms with Gasteiger partial charge >= 0.3 is 0 Å². The zero-order valence-electron chi connectivity index (χ0n) is 12.8. The third kappa shape index (κ3) is 2.82. The standard InChI is InChI=1S/C18H16ClFN2O/c1-18(2,13-10-21-16-6-4-3-5-12(13)16)17(23)22-11-7-8-15(20)14(19)9-11/h3-10,21H,1-2H3,(H,22,23). The number of amides is 1. The molecule has 0 saturated heterocycles. The van der Waals surface area contributed by atoms with E-state index in [1.54, 1.807) is 0 Å². The van der Waals surface area contributed by atoms with E-state index in [0.29, 0.717) is 5.69 Å². The summed E-state index contributed by atoms with van der Waals surface area (Å²) in [4.78, 5) is 15.9. The molecule has 0 aliphatic heterocycles. The maximum atomic E-state index is 13.2. The van der Waals surface area contributed by atoms with Gasteiger partial charge < -0.3 is 10.3 Å². The molecule has 0 fully saturated rings. The van der Waals surface area contributed by atoms with Gasteiger partial charge in [-0.05, 0) is 43.7 Å². The Kier molecular flexibility index (Phi) is 3.86. The first-order chi connectivity index (χ1) is 10.9. The maximum Gasteiger partial charge on any atom is 0.234 e. The Balaban J connectivity index is 1.92. The fourth-order valence-electron chi connectivity index (χ4n) is 2.57. The lowest BCUT2D eigenvalue weighted by atomic mass is 9.83. The number of aromatic nitrogens is 1. The van der Waals surface area contributed by atoms with E-state index in [0.717, 1.165) is 16.5 Å². The number of anilines is 1. The summed E-state index contributed by atoms with van der Waals surface area (Å²) in [6.45, 7) is 3.70. The monoisotopic (exact) mass is 330 g/mol. The second kappa shape index (κ2) is 5.70. The summed E-state index contributed by atoms with van der Waals surface area (Å²) in [6, 6.07) is 11.9. The topological polar surface area (TPSA) is 44.9 Å². The largest absolute Gasteiger partial charge is 0.361 e. The first kappa shape index (κ1) is 15.6. The van der Waals surface area contributed by atoms with Crippen molar-refractivity contribution in [1.82, 2.24) is 4.98 Å². The fourth-order valence-corrected chi connectivity index (χ4v) is 2.75. The summed E-state index contributed by atoms with van der Waals surface area (Å²) in [6.07, 6.45) is 1.85. The number of H-pyrrole nitrogens is 1. The Bertz CT molecular complexity index is 886. The van der Waals surface area contributed by atoms with Crippen LogP contribution in [0.25, 0.3) is 10.9 Å². The highest BCUT2D eigenvalue weighted by Crippen LogP contribution is 2.32. The Morgan fingerprint density at radius 1 is 1.22 bits per heavy atom. The van der Waals surface area contributed by atoms with Crippen LogP contribution in [0.15, 0.2) is 48.7 Å². The summed E-state index contributed by atoms with van der Waals surface area (Å²) in [5, 5.41) is 3.78. The Labute approximate surface area is 138 Å². The van der Waals surface area contributed by atoms with Gasteiger partial charge in [0.1, 0.15) is 5.82 Å². The number of hydrogen-bond acceptors (Lipinski definition) is 1. The van der Waals surface area contributed by atoms with E-state index in [2.05, 4.69) is 10.3 Å². The SMILES string of the molecule is CC(C)(C(=O)Nc1ccc(F)c(Cl)c1)c1c[nH]c2ccccc12. The van der Waals surface area contributed by atoms with Gasteiger partial charge in [0.25, 0.3) is 0 Å². The van der Waals surface area contributed by atoms with Gasteiger partial charge in [-0.2, -0.15) is 0 Å². The number of fused-ring (bicyclic) bond motifs is 1. The predicted octanol–water partition coefficient (Wildman–Crippen LogP) is 4.88. The summed E-state index contributed by atoms with van der Waals surface area (Å²) < 4.78 is 13.2. The molecule has 1 heterocycles. The third-order valence-corrected chi connectivity index (χ3v) is 4.30. The lowest BCUT2D eigenvalue weighted by Crippen LogP contribution is -2.34. The minimum Gasteiger partial charge on any atom is -0.361 e. The minimum atomic E-state index is -0.763. The number of carbonyl (C=O) groups excluding carboxylic acids is 1. The van der Waals surface area contributed by atoms with Gasteiger partial charge in [0.15, 0.2) is 0 Å². The lowest BCUT2D eigenvalue weighted by Gasteiger charge is -2.23. The molecule has 0 bridgehead atoms. The molecule has 0 spiro atoms. The van der Waals surface area contributed by atoms with Crippen LogP contribution in [0.1, 0.15) is 19.4 Å². The van der Waals surface area contributed by atoms with E-state index >= 15 is 0 Å². The van der Waals surface area contributed by atoms with Crippen molar-refractivity contribution in [3.63, 3.8) is 0 Å². The zero-order valence-corrected chi connectivity index (χ0v) is 13.5. The van der Waals surface area contributed by atoms with E-state index < -0.39 is 11.2 Å². The lowest BCUT2D eigenvalue weighted by molar-refractivity contribution is -0.120. The van der Waals surface area contributed by atoms with Crippen LogP contribution in [0, 0.1) is 5.82 Å². The van der Waals surface area contributed by atoms with Gasteiger partial charge in [0.2, 0.25) is 5.91 Å². The number of carbonyl (C=O) groups is 1. The summed E-state index contributed by atoms with van der Waals surface area (Å²) in [5.74, 6) is -0.703. The van der Waals surface area contributed by atoms with Crippen molar-refractivity contribution in [3.05, 3.63) is 65.1 Å². The van der Waals surface area contributed by atoms with Crippen molar-refractivity contribution in [1.29, 1.82) is 0 Å². The summed E-state index contributed by atoms with van der Waals surface area (Å²) in [5.41, 5.74) is 1.59. The molecular formula is C18H16ClFN2O. The van der Waals surface area contributed by atoms with Crippen LogP contribution in [0.2, 0.25) is 5.02 Å². The van der Waals surface area contributed by atoms with E-state index in [4.69, 9.17) is 11.6 Å². The molecule has 0 radical (unpaired) electrons. The molecular weight excluding hydrogens is 315 g/mol. The highest BCUT2D eigenvalue weighted by molar-refractivity contribution is 6.31. The quantitative estimate of drug-likeness (QED) is 0.706. The molecule has 3 aromatic rings. The third-order valence-electron chi connectivity index (χ3n) is 4.01. The van der Waals surface area contributed by atoms with Crippen molar-refractivity contribution in [2.24, 2.45) is 0 Å². The van der Waals surface area contributed by atoms with E-state index in [-0.39, 0.29) is 10.9 Å². The molecule has 2 N–H and O–H groups in total. The number of halogens is 2. The van der Waals surface area contributed by atoms with Crippen LogP contribution in [0.4, 0.5) is 10.1 Å². The number of nitrogens with one attached hydrogen (secondary N) is 2. The molecule has 0 aliphatic carbocycles. The normalized spacial score (nSPS) is 11.7. The number of hydrogen-bond donors (Lipinski definition) is 2. The molecule has 0 saturated carbocycles. The van der Waals surface area contributed by atoms with E-state index in [9.17, 15) is 9.18 Å². The molecule has 0 atom stereocenters. The predicted molar refractivity (Wildman–Crippen MR) is 91.4 cm³/mol. The van der Waals surface area contributed by atoms with Crippen molar-refractivity contribution in [2.75, 3.05) is 5.32 Å². The first-order valence-electron chi connectivity index (χ1n) is 7.22. The van der Waals surface area contributed by atoms with E-state index in [1.807, 2.05) is 44.3 Å². The van der Waals surface area contributed by atoms with Gasteiger partial charge in [-0.15, -0.1) is 0 Å². The number of para-hydroxylation sites is 1. The van der Waals surface area contributed by atoms with Crippen molar-refractivity contribution < 1.29 is 9.18 Å². The maximum absolute atomic E-state index is 13.2. The highest BCUT2D eigenvalue weighted by atomic mass is 35.5. The van der Waals surface area contributed by atoms with Crippen molar-refractivity contribution >= 4 is 34.1 Å². The van der Waals surface area contributed by atoms with Crippen LogP contribution in [0.5, 0.6) is 0 Å². The number of rotatable bonds is 3. The second-order valence-corrected chi connectivity index (χ2v) is 6.36. The molecule has 3 rings (SSSR count). The second-order valence-electron chi connectivity index (χ2n) is 5.96. The number of benzene rings is 2. The summed E-state index contributed by atoms with van der Waals surface area (Å²) in [7, 11) is 0. The summed E-state index contributed by atoms with van der Waals surface area (Å²) >= 11 is 5.76. The highest BCUT2D eigenvalue weighted by Gasteiger charge is 2.32. The average molecular weight is 331 g/mol. The van der Waals surface area contributed by atoms with Gasteiger partial charge in [0.05, 0.1) is 10.4 Å². The van der Waals surface area contributed by atoms with Crippen molar-refractivity contribution in [2.45, 2.75) is 19.3 Å². The average Bonchev–Trinajstić information content (AvgIpc) is 2.95. The van der Waals surface area contributed by atoms with Crippen LogP contribution >= 0.6 is 11.6 Å². The molecule has 1 aromatic heterocycles. The van der Waals surface area contributed by atoms with Gasteiger partial charge in [-0.1, -0.05) is 29.8 Å². The van der Waals surface area contributed by atoms with Crippen LogP contribution in [0.3, 0.4) is 0 Å². The van der Waals surface area contributed by atoms with Crippen molar-refractivity contribution in [3.8, 4) is 0 Å². The number of aromatic amines is 1. The van der Waals surface area contributed by atoms with Crippen LogP contribution < -0.4 is 5.32 Å². The molecule has 118 valence electrons. The Morgan fingerprint density at radius 3 is 2.70 bits per heavy atom. The van der Waals surface area contributed by atoms with Crippen LogP contribution in [-0.4, -0.2) is 10.9 Å². The fraction of sp³-hybridized carbons (Fsp3) is 0.167. The zero-order chi connectivity index (χ0) is 16.6. The molecule has 3 nitrogen and oxygen atoms in total. The van der Waals surface area contributed by atoms with Gasteiger partial charge in [0, 0.05) is 22.8 Å². The molecule has 5 heteroatoms. The molecule has 2 aromatic carbocycles. The Morgan fingerprint density at radius 2 is 1.96 bits per heavy atom. The molecule has 0 unspecified atom stereocenters. The Hall–Kier alpha value is -2.33. The van der Waals surface area contributed by atoms with Gasteiger partial charge in [-0.25, -0.2) is 4.39 Å². The molecule has 1 amide bonds. The molecule has 0 aliphatic rings. The smallest absolute Gasteiger partial charge is 0.234 e. The van der Waals surface area contributed by atoms with Gasteiger partial charge in [-0.3, -0.25) is 4.79 Å². The first-order valence-corrected chi connectivity index (χ1v) is 7.60. The minimum absolute atomic E-state index is 0.0206.